The van der Waals surface area contributed by atoms with Crippen molar-refractivity contribution in [1.29, 1.82) is 0 Å². The average molecular weight is 422 g/mol. The molecule has 0 atom stereocenters. The summed E-state index contributed by atoms with van der Waals surface area (Å²) in [5, 5.41) is 0. The van der Waals surface area contributed by atoms with Crippen LogP contribution in [-0.2, 0) is 16.6 Å². The molecule has 0 saturated heterocycles. The summed E-state index contributed by atoms with van der Waals surface area (Å²) < 4.78 is 73.7. The second kappa shape index (κ2) is 6.96. The maximum atomic E-state index is 12.9. The van der Waals surface area contributed by atoms with E-state index in [2.05, 4.69) is 9.72 Å². The minimum atomic E-state index is -4.87. The van der Waals surface area contributed by atoms with Gasteiger partial charge in [0, 0.05) is 12.3 Å². The van der Waals surface area contributed by atoms with Crippen molar-refractivity contribution in [1.82, 2.24) is 4.98 Å². The van der Waals surface area contributed by atoms with Crippen LogP contribution < -0.4 is 13.8 Å². The first kappa shape index (κ1) is 19.1. The molecule has 150 valence electrons. The van der Waals surface area contributed by atoms with Crippen molar-refractivity contribution in [3.8, 4) is 17.2 Å². The molecule has 0 N–H and O–H groups in total. The molecule has 2 aromatic carbocycles. The van der Waals surface area contributed by atoms with Crippen LogP contribution in [0.4, 0.5) is 18.9 Å². The smallest absolute Gasteiger partial charge is 0.456 e. The van der Waals surface area contributed by atoms with Crippen molar-refractivity contribution in [3.05, 3.63) is 72.6 Å². The van der Waals surface area contributed by atoms with E-state index in [1.807, 2.05) is 0 Å². The van der Waals surface area contributed by atoms with Crippen LogP contribution in [0.3, 0.4) is 0 Å². The fourth-order valence-electron chi connectivity index (χ4n) is 2.96. The van der Waals surface area contributed by atoms with Gasteiger partial charge in [0.1, 0.15) is 17.2 Å². The lowest BCUT2D eigenvalue weighted by molar-refractivity contribution is -0.274. The first-order chi connectivity index (χ1) is 13.7. The fraction of sp³-hybridized carbons (Fsp3) is 0.105. The molecule has 1 aromatic heterocycles. The number of anilines is 1. The summed E-state index contributed by atoms with van der Waals surface area (Å²) in [6.07, 6.45) is -1.76. The third-order valence-electron chi connectivity index (χ3n) is 4.12. The number of aromatic nitrogens is 1. The van der Waals surface area contributed by atoms with E-state index in [-0.39, 0.29) is 17.1 Å². The molecule has 0 saturated carbocycles. The number of nitrogens with zero attached hydrogens (tertiary/aromatic N) is 2. The predicted molar refractivity (Wildman–Crippen MR) is 97.2 cm³/mol. The van der Waals surface area contributed by atoms with Crippen LogP contribution in [0.1, 0.15) is 5.56 Å². The molecular weight excluding hydrogens is 409 g/mol. The van der Waals surface area contributed by atoms with Gasteiger partial charge in [0.2, 0.25) is 0 Å². The van der Waals surface area contributed by atoms with Crippen LogP contribution in [0.2, 0.25) is 0 Å². The second-order valence-electron chi connectivity index (χ2n) is 6.12. The van der Waals surface area contributed by atoms with Gasteiger partial charge >= 0.3 is 6.36 Å². The number of alkyl halides is 3. The Balaban J connectivity index is 1.63. The van der Waals surface area contributed by atoms with Gasteiger partial charge < -0.3 is 9.47 Å². The lowest BCUT2D eigenvalue weighted by Gasteiger charge is -2.18. The zero-order chi connectivity index (χ0) is 20.6. The molecule has 0 bridgehead atoms. The molecule has 6 nitrogen and oxygen atoms in total. The van der Waals surface area contributed by atoms with Crippen LogP contribution >= 0.6 is 0 Å². The van der Waals surface area contributed by atoms with Gasteiger partial charge in [-0.3, -0.25) is 9.29 Å². The van der Waals surface area contributed by atoms with Gasteiger partial charge in [-0.1, -0.05) is 6.07 Å². The van der Waals surface area contributed by atoms with Crippen molar-refractivity contribution in [2.75, 3.05) is 4.31 Å². The second-order valence-corrected chi connectivity index (χ2v) is 7.95. The Morgan fingerprint density at radius 2 is 1.76 bits per heavy atom. The van der Waals surface area contributed by atoms with Crippen LogP contribution in [0.5, 0.6) is 17.2 Å². The van der Waals surface area contributed by atoms with E-state index in [1.165, 1.54) is 30.5 Å². The number of pyridine rings is 1. The Labute approximate surface area is 164 Å². The Morgan fingerprint density at radius 1 is 0.966 bits per heavy atom. The van der Waals surface area contributed by atoms with E-state index in [9.17, 15) is 21.6 Å². The van der Waals surface area contributed by atoms with Crippen LogP contribution in [0.15, 0.2) is 71.9 Å². The number of hydrogen-bond donors (Lipinski definition) is 0. The van der Waals surface area contributed by atoms with Gasteiger partial charge in [-0.05, 0) is 48.0 Å². The van der Waals surface area contributed by atoms with E-state index in [1.54, 1.807) is 24.4 Å². The first-order valence-electron chi connectivity index (χ1n) is 8.32. The number of sulfonamides is 1. The standard InChI is InChI=1S/C19H13F3N2O4S/c20-19(21,22)28-16-4-1-3-14(10-16)24-12-13-9-15(6-7-18(13)29(24,25)26)27-17-5-2-8-23-11-17/h1-11H,12H2. The van der Waals surface area contributed by atoms with Gasteiger partial charge in [0.25, 0.3) is 10.0 Å². The zero-order valence-electron chi connectivity index (χ0n) is 14.6. The number of hydrogen-bond acceptors (Lipinski definition) is 5. The molecule has 0 fully saturated rings. The fourth-order valence-corrected chi connectivity index (χ4v) is 4.59. The highest BCUT2D eigenvalue weighted by molar-refractivity contribution is 7.93. The molecule has 2 heterocycles. The maximum absolute atomic E-state index is 12.9. The molecule has 4 rings (SSSR count). The van der Waals surface area contributed by atoms with Gasteiger partial charge in [0.05, 0.1) is 23.3 Å². The van der Waals surface area contributed by atoms with Crippen LogP contribution in [-0.4, -0.2) is 19.8 Å². The van der Waals surface area contributed by atoms with Crippen molar-refractivity contribution in [3.63, 3.8) is 0 Å². The number of ether oxygens (including phenoxy) is 2. The quantitative estimate of drug-likeness (QED) is 0.620. The summed E-state index contributed by atoms with van der Waals surface area (Å²) >= 11 is 0. The Morgan fingerprint density at radius 3 is 2.48 bits per heavy atom. The molecule has 0 radical (unpaired) electrons. The number of rotatable bonds is 4. The SMILES string of the molecule is O=S1(=O)c2ccc(Oc3cccnc3)cc2CN1c1cccc(OC(F)(F)F)c1. The van der Waals surface area contributed by atoms with E-state index in [4.69, 9.17) is 4.74 Å². The minimum absolute atomic E-state index is 0.0443. The monoisotopic (exact) mass is 422 g/mol. The summed E-state index contributed by atoms with van der Waals surface area (Å²) in [5.41, 5.74) is 0.534. The molecule has 29 heavy (non-hydrogen) atoms. The van der Waals surface area contributed by atoms with Crippen LogP contribution in [0, 0.1) is 0 Å². The summed E-state index contributed by atoms with van der Waals surface area (Å²) in [5.74, 6) is 0.409. The van der Waals surface area contributed by atoms with Crippen molar-refractivity contribution >= 4 is 15.7 Å². The Hall–Kier alpha value is -3.27. The lowest BCUT2D eigenvalue weighted by Crippen LogP contribution is -2.24. The molecule has 0 unspecified atom stereocenters. The summed E-state index contributed by atoms with van der Waals surface area (Å²) in [6.45, 7) is -0.0443. The number of halogens is 3. The molecule has 10 heteroatoms. The third kappa shape index (κ3) is 3.97. The van der Waals surface area contributed by atoms with Gasteiger partial charge in [-0.25, -0.2) is 8.42 Å². The molecule has 1 aliphatic rings. The zero-order valence-corrected chi connectivity index (χ0v) is 15.4. The molecule has 3 aromatic rings. The van der Waals surface area contributed by atoms with E-state index >= 15 is 0 Å². The highest BCUT2D eigenvalue weighted by Gasteiger charge is 2.36. The predicted octanol–water partition coefficient (Wildman–Crippen LogP) is 4.48. The molecule has 0 aliphatic carbocycles. The van der Waals surface area contributed by atoms with Crippen molar-refractivity contribution in [2.24, 2.45) is 0 Å². The van der Waals surface area contributed by atoms with E-state index in [0.717, 1.165) is 16.4 Å². The highest BCUT2D eigenvalue weighted by Crippen LogP contribution is 2.38. The molecular formula is C19H13F3N2O4S. The Kier molecular flexibility index (Phi) is 4.58. The molecule has 0 amide bonds. The van der Waals surface area contributed by atoms with E-state index in [0.29, 0.717) is 17.1 Å². The number of benzene rings is 2. The topological polar surface area (TPSA) is 68.7 Å². The summed E-state index contributed by atoms with van der Waals surface area (Å²) in [6, 6.07) is 12.7. The van der Waals surface area contributed by atoms with Gasteiger partial charge in [0.15, 0.2) is 0 Å². The highest BCUT2D eigenvalue weighted by atomic mass is 32.2. The first-order valence-corrected chi connectivity index (χ1v) is 9.76. The van der Waals surface area contributed by atoms with E-state index < -0.39 is 22.1 Å². The summed E-state index contributed by atoms with van der Waals surface area (Å²) in [7, 11) is -3.92. The van der Waals surface area contributed by atoms with Gasteiger partial charge in [-0.2, -0.15) is 0 Å². The molecule has 0 spiro atoms. The lowest BCUT2D eigenvalue weighted by atomic mass is 10.2. The van der Waals surface area contributed by atoms with Gasteiger partial charge in [-0.15, -0.1) is 13.2 Å². The molecule has 1 aliphatic heterocycles. The minimum Gasteiger partial charge on any atom is -0.456 e. The van der Waals surface area contributed by atoms with Crippen LogP contribution in [0.25, 0.3) is 0 Å². The summed E-state index contributed by atoms with van der Waals surface area (Å²) in [4.78, 5) is 4.01. The largest absolute Gasteiger partial charge is 0.573 e. The van der Waals surface area contributed by atoms with Crippen molar-refractivity contribution < 1.29 is 31.1 Å². The number of fused-ring (bicyclic) bond motifs is 1. The van der Waals surface area contributed by atoms with Crippen molar-refractivity contribution in [2.45, 2.75) is 17.8 Å². The normalized spacial score (nSPS) is 15.1. The Bertz CT molecular complexity index is 1150. The third-order valence-corrected chi connectivity index (χ3v) is 6.00. The average Bonchev–Trinajstić information content (AvgIpc) is 2.92. The maximum Gasteiger partial charge on any atom is 0.573 e.